The van der Waals surface area contributed by atoms with Gasteiger partial charge in [0.05, 0.1) is 6.54 Å². The Kier molecular flexibility index (Phi) is 3.83. The molecule has 3 aromatic rings. The molecule has 1 N–H and O–H groups in total. The lowest BCUT2D eigenvalue weighted by Gasteiger charge is -2.21. The third-order valence-corrected chi connectivity index (χ3v) is 4.24. The molecule has 0 spiro atoms. The van der Waals surface area contributed by atoms with Crippen LogP contribution in [0.15, 0.2) is 41.9 Å². The van der Waals surface area contributed by atoms with Crippen molar-refractivity contribution >= 4 is 22.2 Å². The molecule has 0 aliphatic rings. The van der Waals surface area contributed by atoms with E-state index < -0.39 is 0 Å². The number of benzene rings is 1. The summed E-state index contributed by atoms with van der Waals surface area (Å²) in [6.45, 7) is 8.29. The van der Waals surface area contributed by atoms with E-state index in [9.17, 15) is 0 Å². The summed E-state index contributed by atoms with van der Waals surface area (Å²) in [4.78, 5) is 4.43. The first-order chi connectivity index (χ1) is 10.0. The maximum absolute atomic E-state index is 4.43. The van der Waals surface area contributed by atoms with Gasteiger partial charge in [-0.25, -0.2) is 4.98 Å². The summed E-state index contributed by atoms with van der Waals surface area (Å²) in [5.41, 5.74) is 2.70. The molecule has 110 valence electrons. The molecule has 0 bridgehead atoms. The Hall–Kier alpha value is -1.65. The smallest absolute Gasteiger partial charge is 0.112 e. The van der Waals surface area contributed by atoms with Gasteiger partial charge in [-0.15, -0.1) is 11.3 Å². The Balaban J connectivity index is 1.97. The van der Waals surface area contributed by atoms with Gasteiger partial charge in [-0.3, -0.25) is 0 Å². The second-order valence-corrected chi connectivity index (χ2v) is 7.29. The van der Waals surface area contributed by atoms with Crippen LogP contribution in [0.3, 0.4) is 0 Å². The summed E-state index contributed by atoms with van der Waals surface area (Å²) in [5, 5.41) is 8.06. The van der Waals surface area contributed by atoms with Gasteiger partial charge >= 0.3 is 0 Å². The fourth-order valence-corrected chi connectivity index (χ4v) is 3.03. The average molecular weight is 299 g/mol. The molecular formula is C17H21N3S. The number of nitrogens with zero attached hydrogens (tertiary/aromatic N) is 2. The van der Waals surface area contributed by atoms with E-state index in [0.29, 0.717) is 0 Å². The Morgan fingerprint density at radius 3 is 2.76 bits per heavy atom. The minimum Gasteiger partial charge on any atom is -0.336 e. The molecule has 0 radical (unpaired) electrons. The molecule has 3 nitrogen and oxygen atoms in total. The van der Waals surface area contributed by atoms with Gasteiger partial charge in [-0.05, 0) is 38.3 Å². The molecule has 3 rings (SSSR count). The largest absolute Gasteiger partial charge is 0.336 e. The van der Waals surface area contributed by atoms with Crippen molar-refractivity contribution < 1.29 is 0 Å². The van der Waals surface area contributed by atoms with Gasteiger partial charge in [-0.2, -0.15) is 0 Å². The minimum atomic E-state index is 0.114. The molecule has 0 atom stereocenters. The Labute approximate surface area is 129 Å². The van der Waals surface area contributed by atoms with Crippen LogP contribution >= 0.6 is 11.3 Å². The molecule has 0 saturated carbocycles. The van der Waals surface area contributed by atoms with Gasteiger partial charge in [0.25, 0.3) is 0 Å². The van der Waals surface area contributed by atoms with Crippen molar-refractivity contribution in [3.63, 3.8) is 0 Å². The van der Waals surface area contributed by atoms with E-state index in [0.717, 1.165) is 18.1 Å². The monoisotopic (exact) mass is 299 g/mol. The first-order valence-corrected chi connectivity index (χ1v) is 8.11. The fraction of sp³-hybridized carbons (Fsp3) is 0.353. The molecule has 0 saturated heterocycles. The number of thiazole rings is 1. The zero-order valence-corrected chi connectivity index (χ0v) is 13.6. The Bertz CT molecular complexity index is 720. The molecule has 2 heterocycles. The molecule has 0 aliphatic heterocycles. The van der Waals surface area contributed by atoms with Crippen LogP contribution in [0.1, 0.15) is 31.5 Å². The quantitative estimate of drug-likeness (QED) is 0.788. The van der Waals surface area contributed by atoms with Gasteiger partial charge in [0.1, 0.15) is 5.01 Å². The highest BCUT2D eigenvalue weighted by molar-refractivity contribution is 7.09. The van der Waals surface area contributed by atoms with E-state index in [1.54, 1.807) is 11.3 Å². The van der Waals surface area contributed by atoms with Crippen molar-refractivity contribution in [2.75, 3.05) is 0 Å². The van der Waals surface area contributed by atoms with E-state index in [-0.39, 0.29) is 5.54 Å². The van der Waals surface area contributed by atoms with Crippen LogP contribution in [-0.2, 0) is 13.1 Å². The van der Waals surface area contributed by atoms with Crippen molar-refractivity contribution in [3.8, 4) is 0 Å². The van der Waals surface area contributed by atoms with Crippen LogP contribution in [0.25, 0.3) is 10.9 Å². The van der Waals surface area contributed by atoms with E-state index in [1.165, 1.54) is 16.6 Å². The predicted molar refractivity (Wildman–Crippen MR) is 89.7 cm³/mol. The maximum atomic E-state index is 4.43. The first kappa shape index (κ1) is 14.3. The summed E-state index contributed by atoms with van der Waals surface area (Å²) >= 11 is 1.71. The summed E-state index contributed by atoms with van der Waals surface area (Å²) in [6.07, 6.45) is 1.87. The van der Waals surface area contributed by atoms with Gasteiger partial charge in [0.2, 0.25) is 0 Å². The first-order valence-electron chi connectivity index (χ1n) is 7.23. The minimum absolute atomic E-state index is 0.114. The zero-order chi connectivity index (χ0) is 14.9. The molecule has 4 heteroatoms. The van der Waals surface area contributed by atoms with Crippen molar-refractivity contribution in [2.45, 2.75) is 39.4 Å². The predicted octanol–water partition coefficient (Wildman–Crippen LogP) is 4.03. The molecule has 1 aromatic carbocycles. The lowest BCUT2D eigenvalue weighted by molar-refractivity contribution is 0.417. The summed E-state index contributed by atoms with van der Waals surface area (Å²) in [5.74, 6) is 0. The number of rotatable bonds is 4. The van der Waals surface area contributed by atoms with Crippen LogP contribution < -0.4 is 5.32 Å². The van der Waals surface area contributed by atoms with Gasteiger partial charge < -0.3 is 9.88 Å². The van der Waals surface area contributed by atoms with Crippen LogP contribution in [0.4, 0.5) is 0 Å². The van der Waals surface area contributed by atoms with Gasteiger partial charge in [0, 0.05) is 34.9 Å². The Morgan fingerprint density at radius 2 is 2.05 bits per heavy atom. The van der Waals surface area contributed by atoms with Crippen molar-refractivity contribution in [2.24, 2.45) is 0 Å². The van der Waals surface area contributed by atoms with Crippen LogP contribution in [0.2, 0.25) is 0 Å². The SMILES string of the molecule is CC(C)(C)NCc1cc2ccccc2n1Cc1nccs1. The number of hydrogen-bond donors (Lipinski definition) is 1. The topological polar surface area (TPSA) is 29.9 Å². The highest BCUT2D eigenvalue weighted by Gasteiger charge is 2.13. The third kappa shape index (κ3) is 3.34. The summed E-state index contributed by atoms with van der Waals surface area (Å²) < 4.78 is 2.37. The van der Waals surface area contributed by atoms with E-state index >= 15 is 0 Å². The number of nitrogens with one attached hydrogen (secondary N) is 1. The lowest BCUT2D eigenvalue weighted by atomic mass is 10.1. The maximum Gasteiger partial charge on any atom is 0.112 e. The Morgan fingerprint density at radius 1 is 1.24 bits per heavy atom. The molecule has 2 aromatic heterocycles. The highest BCUT2D eigenvalue weighted by atomic mass is 32.1. The highest BCUT2D eigenvalue weighted by Crippen LogP contribution is 2.22. The van der Waals surface area contributed by atoms with E-state index in [2.05, 4.69) is 66.0 Å². The fourth-order valence-electron chi connectivity index (χ4n) is 2.42. The number of hydrogen-bond acceptors (Lipinski definition) is 3. The lowest BCUT2D eigenvalue weighted by Crippen LogP contribution is -2.35. The van der Waals surface area contributed by atoms with Gasteiger partial charge in [0.15, 0.2) is 0 Å². The van der Waals surface area contributed by atoms with Crippen LogP contribution in [0.5, 0.6) is 0 Å². The van der Waals surface area contributed by atoms with Crippen molar-refractivity contribution in [1.29, 1.82) is 0 Å². The number of para-hydroxylation sites is 1. The van der Waals surface area contributed by atoms with E-state index in [4.69, 9.17) is 0 Å². The van der Waals surface area contributed by atoms with Crippen LogP contribution in [0, 0.1) is 0 Å². The van der Waals surface area contributed by atoms with E-state index in [1.807, 2.05) is 11.6 Å². The molecule has 0 unspecified atom stereocenters. The second kappa shape index (κ2) is 5.62. The standard InChI is InChI=1S/C17H21N3S/c1-17(2,3)19-11-14-10-13-6-4-5-7-15(13)20(14)12-16-18-8-9-21-16/h4-10,19H,11-12H2,1-3H3. The second-order valence-electron chi connectivity index (χ2n) is 6.31. The molecular weight excluding hydrogens is 278 g/mol. The molecule has 0 amide bonds. The molecule has 0 aliphatic carbocycles. The number of fused-ring (bicyclic) bond motifs is 1. The summed E-state index contributed by atoms with van der Waals surface area (Å²) in [6, 6.07) is 10.8. The molecule has 21 heavy (non-hydrogen) atoms. The van der Waals surface area contributed by atoms with Gasteiger partial charge in [-0.1, -0.05) is 18.2 Å². The van der Waals surface area contributed by atoms with Crippen molar-refractivity contribution in [3.05, 3.63) is 52.6 Å². The van der Waals surface area contributed by atoms with Crippen molar-refractivity contribution in [1.82, 2.24) is 14.9 Å². The average Bonchev–Trinajstić information content (AvgIpc) is 3.05. The normalized spacial score (nSPS) is 12.1. The third-order valence-electron chi connectivity index (χ3n) is 3.47. The summed E-state index contributed by atoms with van der Waals surface area (Å²) in [7, 11) is 0. The molecule has 0 fully saturated rings. The van der Waals surface area contributed by atoms with Crippen LogP contribution in [-0.4, -0.2) is 15.1 Å². The number of aromatic nitrogens is 2. The zero-order valence-electron chi connectivity index (χ0n) is 12.8.